The van der Waals surface area contributed by atoms with Crippen molar-refractivity contribution in [2.24, 2.45) is 0 Å². The Morgan fingerprint density at radius 1 is 0.833 bits per heavy atom. The van der Waals surface area contributed by atoms with E-state index in [1.54, 1.807) is 0 Å². The van der Waals surface area contributed by atoms with Crippen LogP contribution in [0.1, 0.15) is 39.9 Å². The minimum Gasteiger partial charge on any atom is -0.297 e. The van der Waals surface area contributed by atoms with Gasteiger partial charge in [0.2, 0.25) is 0 Å². The second kappa shape index (κ2) is 10.9. The van der Waals surface area contributed by atoms with Crippen LogP contribution in [0.15, 0.2) is 72.8 Å². The highest BCUT2D eigenvalue weighted by Gasteiger charge is 2.32. The van der Waals surface area contributed by atoms with Crippen LogP contribution in [0, 0.1) is 20.8 Å². The van der Waals surface area contributed by atoms with Gasteiger partial charge in [0.25, 0.3) is 0 Å². The molecule has 7 nitrogen and oxygen atoms in total. The Balaban J connectivity index is 1.39. The van der Waals surface area contributed by atoms with E-state index in [0.29, 0.717) is 0 Å². The Bertz CT molecular complexity index is 1300. The predicted molar refractivity (Wildman–Crippen MR) is 143 cm³/mol. The lowest BCUT2D eigenvalue weighted by atomic mass is 10.1. The van der Waals surface area contributed by atoms with Crippen LogP contribution in [0.2, 0.25) is 0 Å². The van der Waals surface area contributed by atoms with Gasteiger partial charge in [0.1, 0.15) is 6.04 Å². The first-order chi connectivity index (χ1) is 17.6. The zero-order valence-corrected chi connectivity index (χ0v) is 21.2. The summed E-state index contributed by atoms with van der Waals surface area (Å²) in [6.07, 6.45) is 4.45. The molecule has 1 aliphatic rings. The lowest BCUT2D eigenvalue weighted by molar-refractivity contribution is 0.112. The molecule has 0 radical (unpaired) electrons. The molecule has 36 heavy (non-hydrogen) atoms. The highest BCUT2D eigenvalue weighted by molar-refractivity contribution is 5.49. The Hall–Kier alpha value is -3.68. The van der Waals surface area contributed by atoms with Crippen LogP contribution in [0.25, 0.3) is 11.8 Å². The highest BCUT2D eigenvalue weighted by Crippen LogP contribution is 2.30. The van der Waals surface area contributed by atoms with Crippen molar-refractivity contribution in [2.45, 2.75) is 26.8 Å². The van der Waals surface area contributed by atoms with Gasteiger partial charge in [-0.3, -0.25) is 14.8 Å². The molecule has 5 rings (SSSR count). The van der Waals surface area contributed by atoms with Crippen molar-refractivity contribution in [1.82, 2.24) is 35.0 Å². The summed E-state index contributed by atoms with van der Waals surface area (Å²) in [7, 11) is 0. The van der Waals surface area contributed by atoms with E-state index in [0.717, 1.165) is 66.8 Å². The minimum absolute atomic E-state index is 0.124. The average molecular weight is 480 g/mol. The lowest BCUT2D eigenvalue weighted by Crippen LogP contribution is -2.48. The predicted octanol–water partition coefficient (Wildman–Crippen LogP) is 4.40. The fraction of sp³-hybridized carbons (Fsp3) is 0.310. The van der Waals surface area contributed by atoms with Crippen LogP contribution in [-0.4, -0.2) is 67.7 Å². The van der Waals surface area contributed by atoms with E-state index in [-0.39, 0.29) is 6.04 Å². The lowest BCUT2D eigenvalue weighted by Gasteiger charge is -2.38. The molecule has 1 saturated heterocycles. The fourth-order valence-corrected chi connectivity index (χ4v) is 4.97. The van der Waals surface area contributed by atoms with Gasteiger partial charge < -0.3 is 0 Å². The van der Waals surface area contributed by atoms with Crippen molar-refractivity contribution < 1.29 is 0 Å². The highest BCUT2D eigenvalue weighted by atomic mass is 15.6. The van der Waals surface area contributed by atoms with Gasteiger partial charge in [-0.25, -0.2) is 0 Å². The normalized spacial score (nSPS) is 16.0. The maximum Gasteiger partial charge on any atom is 0.179 e. The second-order valence-corrected chi connectivity index (χ2v) is 9.45. The maximum absolute atomic E-state index is 4.91. The van der Waals surface area contributed by atoms with Crippen LogP contribution >= 0.6 is 0 Å². The molecule has 0 spiro atoms. The monoisotopic (exact) mass is 479 g/mol. The van der Waals surface area contributed by atoms with Gasteiger partial charge in [-0.05, 0) is 60.0 Å². The van der Waals surface area contributed by atoms with Crippen LogP contribution in [0.5, 0.6) is 0 Å². The van der Waals surface area contributed by atoms with Gasteiger partial charge in [0, 0.05) is 38.4 Å². The van der Waals surface area contributed by atoms with E-state index in [2.05, 4.69) is 106 Å². The molecule has 1 unspecified atom stereocenters. The van der Waals surface area contributed by atoms with Crippen molar-refractivity contribution >= 4 is 6.08 Å². The first-order valence-electron chi connectivity index (χ1n) is 12.6. The fourth-order valence-electron chi connectivity index (χ4n) is 4.97. The molecule has 0 N–H and O–H groups in total. The quantitative estimate of drug-likeness (QED) is 0.391. The summed E-state index contributed by atoms with van der Waals surface area (Å²) in [4.78, 5) is 9.87. The zero-order chi connectivity index (χ0) is 24.9. The Morgan fingerprint density at radius 3 is 2.28 bits per heavy atom. The van der Waals surface area contributed by atoms with Crippen molar-refractivity contribution in [3.05, 3.63) is 107 Å². The molecule has 3 heterocycles. The van der Waals surface area contributed by atoms with Crippen molar-refractivity contribution in [3.63, 3.8) is 0 Å². The number of aromatic nitrogens is 5. The number of tetrazole rings is 1. The van der Waals surface area contributed by atoms with Gasteiger partial charge in [-0.2, -0.15) is 4.68 Å². The molecule has 2 aromatic carbocycles. The molecular weight excluding hydrogens is 446 g/mol. The molecule has 0 bridgehead atoms. The summed E-state index contributed by atoms with van der Waals surface area (Å²) in [5, 5.41) is 13.1. The summed E-state index contributed by atoms with van der Waals surface area (Å²) < 4.78 is 1.91. The van der Waals surface area contributed by atoms with E-state index in [9.17, 15) is 0 Å². The molecule has 1 aliphatic heterocycles. The summed E-state index contributed by atoms with van der Waals surface area (Å²) in [5.41, 5.74) is 6.55. The number of aryl methyl sites for hydroxylation is 3. The number of hydrogen-bond donors (Lipinski definition) is 0. The third-order valence-electron chi connectivity index (χ3n) is 6.83. The molecule has 0 saturated carbocycles. The average Bonchev–Trinajstić information content (AvgIpc) is 3.34. The van der Waals surface area contributed by atoms with Gasteiger partial charge in [-0.1, -0.05) is 66.7 Å². The van der Waals surface area contributed by atoms with E-state index in [1.807, 2.05) is 23.7 Å². The van der Waals surface area contributed by atoms with Crippen molar-refractivity contribution in [2.75, 3.05) is 32.7 Å². The summed E-state index contributed by atoms with van der Waals surface area (Å²) in [6.45, 7) is 11.0. The summed E-state index contributed by atoms with van der Waals surface area (Å²) in [6, 6.07) is 22.8. The Labute approximate surface area is 213 Å². The van der Waals surface area contributed by atoms with Gasteiger partial charge >= 0.3 is 0 Å². The number of benzene rings is 2. The SMILES string of the molecule is Cc1cccc(C(c2nnnn2-c2c(C)cccc2C)N2CCN(CC=Cc3ccccc3)CC2)n1. The van der Waals surface area contributed by atoms with E-state index in [1.165, 1.54) is 5.56 Å². The van der Waals surface area contributed by atoms with Gasteiger partial charge in [0.05, 0.1) is 11.4 Å². The van der Waals surface area contributed by atoms with E-state index >= 15 is 0 Å². The standard InChI is InChI=1S/C29H33N7/c1-22-10-7-11-23(2)27(22)36-29(31-32-33-36)28(26-16-8-12-24(3)30-26)35-20-18-34(19-21-35)17-9-15-25-13-5-4-6-14-25/h4-16,28H,17-21H2,1-3H3. The van der Waals surface area contributed by atoms with Crippen molar-refractivity contribution in [3.8, 4) is 5.69 Å². The third kappa shape index (κ3) is 5.27. The number of para-hydroxylation sites is 1. The van der Waals surface area contributed by atoms with Gasteiger partial charge in [-0.15, -0.1) is 5.10 Å². The number of nitrogens with zero attached hydrogens (tertiary/aromatic N) is 7. The number of piperazine rings is 1. The number of hydrogen-bond acceptors (Lipinski definition) is 6. The first kappa shape index (κ1) is 24.0. The largest absolute Gasteiger partial charge is 0.297 e. The Morgan fingerprint density at radius 2 is 1.56 bits per heavy atom. The molecule has 0 aliphatic carbocycles. The molecule has 1 atom stereocenters. The topological polar surface area (TPSA) is 63.0 Å². The van der Waals surface area contributed by atoms with Crippen LogP contribution < -0.4 is 0 Å². The molecule has 0 amide bonds. The third-order valence-corrected chi connectivity index (χ3v) is 6.83. The number of rotatable bonds is 7. The molecule has 4 aromatic rings. The van der Waals surface area contributed by atoms with E-state index < -0.39 is 0 Å². The van der Waals surface area contributed by atoms with Crippen LogP contribution in [0.4, 0.5) is 0 Å². The summed E-state index contributed by atoms with van der Waals surface area (Å²) in [5.74, 6) is 0.808. The van der Waals surface area contributed by atoms with Crippen LogP contribution in [0.3, 0.4) is 0 Å². The van der Waals surface area contributed by atoms with Crippen molar-refractivity contribution in [1.29, 1.82) is 0 Å². The Kier molecular flexibility index (Phi) is 7.30. The molecule has 184 valence electrons. The van der Waals surface area contributed by atoms with E-state index in [4.69, 9.17) is 4.98 Å². The molecular formula is C29H33N7. The molecule has 1 fully saturated rings. The first-order valence-corrected chi connectivity index (χ1v) is 12.6. The molecule has 2 aromatic heterocycles. The van der Waals surface area contributed by atoms with Gasteiger partial charge in [0.15, 0.2) is 5.82 Å². The zero-order valence-electron chi connectivity index (χ0n) is 21.2. The second-order valence-electron chi connectivity index (χ2n) is 9.45. The number of pyridine rings is 1. The maximum atomic E-state index is 4.91. The molecule has 7 heteroatoms. The minimum atomic E-state index is -0.124. The summed E-state index contributed by atoms with van der Waals surface area (Å²) >= 11 is 0. The smallest absolute Gasteiger partial charge is 0.179 e. The van der Waals surface area contributed by atoms with Crippen LogP contribution in [-0.2, 0) is 0 Å².